The van der Waals surface area contributed by atoms with Gasteiger partial charge in [0, 0.05) is 11.1 Å². The number of phenolic OH excluding ortho intramolecular Hbond substituents is 2. The number of hydrogen-bond acceptors (Lipinski definition) is 5. The van der Waals surface area contributed by atoms with Gasteiger partial charge in [-0.1, -0.05) is 42.5 Å². The summed E-state index contributed by atoms with van der Waals surface area (Å²) in [5.74, 6) is -1.26. The number of halogens is 3. The van der Waals surface area contributed by atoms with Crippen molar-refractivity contribution in [2.24, 2.45) is 0 Å². The Labute approximate surface area is 176 Å². The first kappa shape index (κ1) is 22.2. The van der Waals surface area contributed by atoms with Crippen molar-refractivity contribution in [2.45, 2.75) is 26.5 Å². The van der Waals surface area contributed by atoms with Gasteiger partial charge < -0.3 is 19.7 Å². The monoisotopic (exact) mass is 432 g/mol. The van der Waals surface area contributed by atoms with Crippen LogP contribution in [0.4, 0.5) is 13.2 Å². The van der Waals surface area contributed by atoms with Crippen molar-refractivity contribution in [3.8, 4) is 28.4 Å². The molecular formula is C23H19F3O5. The number of carbonyl (C=O) groups excluding carboxylic acids is 1. The van der Waals surface area contributed by atoms with E-state index >= 15 is 0 Å². The molecule has 0 aliphatic heterocycles. The average Bonchev–Trinajstić information content (AvgIpc) is 2.73. The summed E-state index contributed by atoms with van der Waals surface area (Å²) in [5, 5.41) is 20.5. The zero-order valence-corrected chi connectivity index (χ0v) is 16.4. The van der Waals surface area contributed by atoms with E-state index in [1.165, 1.54) is 24.3 Å². The van der Waals surface area contributed by atoms with Gasteiger partial charge in [0.1, 0.15) is 5.75 Å². The van der Waals surface area contributed by atoms with Crippen LogP contribution in [0.15, 0.2) is 54.6 Å². The van der Waals surface area contributed by atoms with Gasteiger partial charge in [-0.3, -0.25) is 4.79 Å². The van der Waals surface area contributed by atoms with Crippen LogP contribution in [-0.2, 0) is 18.0 Å². The summed E-state index contributed by atoms with van der Waals surface area (Å²) in [7, 11) is 0. The Balaban J connectivity index is 1.85. The minimum absolute atomic E-state index is 0.0412. The van der Waals surface area contributed by atoms with Gasteiger partial charge in [0.15, 0.2) is 17.8 Å². The van der Waals surface area contributed by atoms with Crippen LogP contribution >= 0.6 is 0 Å². The first-order valence-electron chi connectivity index (χ1n) is 9.21. The van der Waals surface area contributed by atoms with E-state index in [0.717, 1.165) is 5.56 Å². The van der Waals surface area contributed by atoms with E-state index in [4.69, 9.17) is 4.74 Å². The third-order valence-corrected chi connectivity index (χ3v) is 4.69. The first-order chi connectivity index (χ1) is 14.7. The zero-order chi connectivity index (χ0) is 22.6. The summed E-state index contributed by atoms with van der Waals surface area (Å²) in [4.78, 5) is 11.6. The number of rotatable bonds is 7. The van der Waals surface area contributed by atoms with Gasteiger partial charge in [-0.2, -0.15) is 0 Å². The van der Waals surface area contributed by atoms with Gasteiger partial charge in [-0.15, -0.1) is 13.2 Å². The molecule has 0 aromatic heterocycles. The van der Waals surface area contributed by atoms with Gasteiger partial charge in [-0.05, 0) is 35.7 Å². The molecule has 0 radical (unpaired) electrons. The van der Waals surface area contributed by atoms with Crippen molar-refractivity contribution in [1.29, 1.82) is 0 Å². The Bertz CT molecular complexity index is 1060. The van der Waals surface area contributed by atoms with Crippen molar-refractivity contribution in [3.05, 3.63) is 76.9 Å². The van der Waals surface area contributed by atoms with Crippen molar-refractivity contribution in [2.75, 3.05) is 0 Å². The molecule has 8 heteroatoms. The molecule has 0 spiro atoms. The fourth-order valence-corrected chi connectivity index (χ4v) is 3.26. The van der Waals surface area contributed by atoms with Crippen LogP contribution in [-0.4, -0.2) is 22.9 Å². The molecule has 0 saturated carbocycles. The van der Waals surface area contributed by atoms with Gasteiger partial charge >= 0.3 is 6.36 Å². The highest BCUT2D eigenvalue weighted by atomic mass is 19.4. The predicted octanol–water partition coefficient (Wildman–Crippen LogP) is 5.50. The van der Waals surface area contributed by atoms with Crippen LogP contribution in [0.3, 0.4) is 0 Å². The minimum atomic E-state index is -4.77. The predicted molar refractivity (Wildman–Crippen MR) is 107 cm³/mol. The molecular weight excluding hydrogens is 413 g/mol. The molecule has 0 heterocycles. The normalized spacial score (nSPS) is 11.4. The van der Waals surface area contributed by atoms with E-state index in [-0.39, 0.29) is 30.3 Å². The Hall–Kier alpha value is -3.52. The van der Waals surface area contributed by atoms with Crippen LogP contribution in [0.1, 0.15) is 27.0 Å². The standard InChI is InChI=1S/C23H19F3O5/c1-14-20(16-5-3-2-4-6-16)19(18(11-27)22(29)21(14)28)13-30-12-15-7-9-17(10-8-15)31-23(24,25)26/h2-11,28-29H,12-13H2,1H3. The van der Waals surface area contributed by atoms with Crippen LogP contribution in [0.2, 0.25) is 0 Å². The number of aromatic hydroxyl groups is 2. The quantitative estimate of drug-likeness (QED) is 0.381. The topological polar surface area (TPSA) is 76.0 Å². The zero-order valence-electron chi connectivity index (χ0n) is 16.4. The number of aldehydes is 1. The molecule has 2 N–H and O–H groups in total. The highest BCUT2D eigenvalue weighted by molar-refractivity contribution is 5.90. The summed E-state index contributed by atoms with van der Waals surface area (Å²) in [6, 6.07) is 14.2. The molecule has 0 fully saturated rings. The fraction of sp³-hybridized carbons (Fsp3) is 0.174. The van der Waals surface area contributed by atoms with E-state index in [2.05, 4.69) is 4.74 Å². The molecule has 0 aliphatic rings. The van der Waals surface area contributed by atoms with Crippen molar-refractivity contribution in [1.82, 2.24) is 0 Å². The fourth-order valence-electron chi connectivity index (χ4n) is 3.26. The molecule has 3 aromatic rings. The lowest BCUT2D eigenvalue weighted by molar-refractivity contribution is -0.274. The van der Waals surface area contributed by atoms with Crippen molar-refractivity contribution >= 4 is 6.29 Å². The van der Waals surface area contributed by atoms with Gasteiger partial charge in [0.25, 0.3) is 0 Å². The van der Waals surface area contributed by atoms with Crippen molar-refractivity contribution < 1.29 is 37.7 Å². The maximum absolute atomic E-state index is 12.3. The molecule has 162 valence electrons. The number of phenols is 2. The van der Waals surface area contributed by atoms with E-state index in [0.29, 0.717) is 28.5 Å². The summed E-state index contributed by atoms with van der Waals surface area (Å²) in [5.41, 5.74) is 2.57. The highest BCUT2D eigenvalue weighted by Crippen LogP contribution is 2.42. The number of hydrogen-bond donors (Lipinski definition) is 2. The molecule has 31 heavy (non-hydrogen) atoms. The summed E-state index contributed by atoms with van der Waals surface area (Å²) in [6.07, 6.45) is -4.32. The molecule has 3 rings (SSSR count). The van der Waals surface area contributed by atoms with Gasteiger partial charge in [0.2, 0.25) is 0 Å². The number of ether oxygens (including phenoxy) is 2. The van der Waals surface area contributed by atoms with Crippen LogP contribution in [0.5, 0.6) is 17.2 Å². The number of alkyl halides is 3. The molecule has 0 amide bonds. The third-order valence-electron chi connectivity index (χ3n) is 4.69. The lowest BCUT2D eigenvalue weighted by atomic mass is 9.90. The third kappa shape index (κ3) is 5.16. The molecule has 5 nitrogen and oxygen atoms in total. The number of benzene rings is 3. The number of carbonyl (C=O) groups is 1. The molecule has 0 atom stereocenters. The molecule has 3 aromatic carbocycles. The van der Waals surface area contributed by atoms with E-state index in [1.807, 2.05) is 6.07 Å². The summed E-state index contributed by atoms with van der Waals surface area (Å²) in [6.45, 7) is 1.59. The second-order valence-electron chi connectivity index (χ2n) is 6.76. The Morgan fingerprint density at radius 3 is 2.16 bits per heavy atom. The van der Waals surface area contributed by atoms with Crippen LogP contribution < -0.4 is 4.74 Å². The van der Waals surface area contributed by atoms with Crippen LogP contribution in [0, 0.1) is 6.92 Å². The second kappa shape index (κ2) is 9.09. The lowest BCUT2D eigenvalue weighted by Gasteiger charge is -2.18. The minimum Gasteiger partial charge on any atom is -0.504 e. The molecule has 0 unspecified atom stereocenters. The van der Waals surface area contributed by atoms with E-state index in [1.54, 1.807) is 31.2 Å². The average molecular weight is 432 g/mol. The van der Waals surface area contributed by atoms with E-state index < -0.39 is 12.1 Å². The maximum Gasteiger partial charge on any atom is 0.573 e. The lowest BCUT2D eigenvalue weighted by Crippen LogP contribution is -2.17. The van der Waals surface area contributed by atoms with Crippen molar-refractivity contribution in [3.63, 3.8) is 0 Å². The molecule has 0 aliphatic carbocycles. The first-order valence-corrected chi connectivity index (χ1v) is 9.21. The molecule has 0 saturated heterocycles. The second-order valence-corrected chi connectivity index (χ2v) is 6.76. The smallest absolute Gasteiger partial charge is 0.504 e. The van der Waals surface area contributed by atoms with E-state index in [9.17, 15) is 28.2 Å². The van der Waals surface area contributed by atoms with Gasteiger partial charge in [-0.25, -0.2) is 0 Å². The Morgan fingerprint density at radius 1 is 0.935 bits per heavy atom. The van der Waals surface area contributed by atoms with Crippen LogP contribution in [0.25, 0.3) is 11.1 Å². The summed E-state index contributed by atoms with van der Waals surface area (Å²) < 4.78 is 46.3. The SMILES string of the molecule is Cc1c(O)c(O)c(C=O)c(COCc2ccc(OC(F)(F)F)cc2)c1-c1ccccc1. The molecule has 0 bridgehead atoms. The van der Waals surface area contributed by atoms with Gasteiger partial charge in [0.05, 0.1) is 18.8 Å². The maximum atomic E-state index is 12.3. The summed E-state index contributed by atoms with van der Waals surface area (Å²) >= 11 is 0. The highest BCUT2D eigenvalue weighted by Gasteiger charge is 2.31. The Morgan fingerprint density at radius 2 is 1.58 bits per heavy atom. The largest absolute Gasteiger partial charge is 0.573 e. The Kier molecular flexibility index (Phi) is 6.50.